The van der Waals surface area contributed by atoms with Gasteiger partial charge in [-0.1, -0.05) is 48.5 Å². The molecule has 0 atom stereocenters. The first-order chi connectivity index (χ1) is 17.0. The van der Waals surface area contributed by atoms with Crippen LogP contribution in [0.25, 0.3) is 22.4 Å². The maximum atomic E-state index is 11.1. The van der Waals surface area contributed by atoms with Crippen LogP contribution in [0, 0.1) is 25.0 Å². The summed E-state index contributed by atoms with van der Waals surface area (Å²) in [5.74, 6) is 1.10. The predicted octanol–water partition coefficient (Wildman–Crippen LogP) is 7.39. The van der Waals surface area contributed by atoms with Crippen LogP contribution in [0.4, 0.5) is 5.69 Å². The smallest absolute Gasteiger partial charge is 0.269 e. The molecule has 0 spiro atoms. The van der Waals surface area contributed by atoms with Crippen LogP contribution in [0.2, 0.25) is 0 Å². The van der Waals surface area contributed by atoms with E-state index in [-0.39, 0.29) is 12.3 Å². The Kier molecular flexibility index (Phi) is 7.63. The van der Waals surface area contributed by atoms with E-state index in [0.29, 0.717) is 29.2 Å². The lowest BCUT2D eigenvalue weighted by Gasteiger charge is -2.15. The number of nitro benzene ring substituents is 1. The minimum absolute atomic E-state index is 0.0176. The minimum Gasteiger partial charge on any atom is -0.490 e. The summed E-state index contributed by atoms with van der Waals surface area (Å²) in [6.45, 7) is 2.48. The van der Waals surface area contributed by atoms with Crippen molar-refractivity contribution in [3.63, 3.8) is 0 Å². The summed E-state index contributed by atoms with van der Waals surface area (Å²) in [6.07, 6.45) is 1.83. The quantitative estimate of drug-likeness (QED) is 0.0718. The molecule has 0 amide bonds. The van der Waals surface area contributed by atoms with Gasteiger partial charge in [0.2, 0.25) is 0 Å². The Morgan fingerprint density at radius 1 is 1.03 bits per heavy atom. The summed E-state index contributed by atoms with van der Waals surface area (Å²) >= 11 is 2.17. The number of halogens is 1. The fourth-order valence-corrected chi connectivity index (χ4v) is 4.47. The van der Waals surface area contributed by atoms with E-state index in [1.807, 2.05) is 67.6 Å². The first kappa shape index (κ1) is 24.2. The molecule has 174 valence electrons. The number of fused-ring (bicyclic) bond motifs is 1. The molecule has 6 nitrogen and oxygen atoms in total. The van der Waals surface area contributed by atoms with Crippen molar-refractivity contribution in [2.45, 2.75) is 13.5 Å². The van der Waals surface area contributed by atoms with E-state index in [1.54, 1.807) is 12.1 Å². The van der Waals surface area contributed by atoms with Gasteiger partial charge < -0.3 is 9.47 Å². The van der Waals surface area contributed by atoms with Crippen molar-refractivity contribution in [1.82, 2.24) is 0 Å². The van der Waals surface area contributed by atoms with Gasteiger partial charge in [-0.2, -0.15) is 5.26 Å². The maximum Gasteiger partial charge on any atom is 0.269 e. The summed E-state index contributed by atoms with van der Waals surface area (Å²) < 4.78 is 12.7. The van der Waals surface area contributed by atoms with Gasteiger partial charge >= 0.3 is 0 Å². The van der Waals surface area contributed by atoms with Crippen LogP contribution in [0.5, 0.6) is 11.5 Å². The number of hydrogen-bond acceptors (Lipinski definition) is 5. The van der Waals surface area contributed by atoms with Gasteiger partial charge in [-0.3, -0.25) is 10.1 Å². The molecule has 0 radical (unpaired) electrons. The summed E-state index contributed by atoms with van der Waals surface area (Å²) in [4.78, 5) is 10.6. The second-order valence-electron chi connectivity index (χ2n) is 7.71. The number of non-ortho nitro benzene ring substituents is 1. The summed E-state index contributed by atoms with van der Waals surface area (Å²) in [7, 11) is 0. The highest BCUT2D eigenvalue weighted by Crippen LogP contribution is 2.36. The molecule has 0 aromatic heterocycles. The molecular weight excluding hydrogens is 555 g/mol. The van der Waals surface area contributed by atoms with Crippen molar-refractivity contribution in [2.75, 3.05) is 6.61 Å². The summed E-state index contributed by atoms with van der Waals surface area (Å²) in [6, 6.07) is 26.4. The third kappa shape index (κ3) is 5.78. The molecule has 4 rings (SSSR count). The molecule has 35 heavy (non-hydrogen) atoms. The van der Waals surface area contributed by atoms with Crippen molar-refractivity contribution < 1.29 is 14.4 Å². The van der Waals surface area contributed by atoms with Gasteiger partial charge in [0, 0.05) is 12.1 Å². The highest BCUT2D eigenvalue weighted by Gasteiger charge is 2.14. The largest absolute Gasteiger partial charge is 0.490 e. The van der Waals surface area contributed by atoms with E-state index in [2.05, 4.69) is 28.7 Å². The number of benzene rings is 4. The standard InChI is InChI=1S/C28H21IN2O4/c1-2-34-27-15-20(12-24(17-30)23-11-10-21-7-3-4-8-22(21)16-23)14-26(29)28(27)35-18-19-6-5-9-25(13-19)31(32)33/h3-16H,2,18H2,1H3/b24-12-. The number of rotatable bonds is 8. The van der Waals surface area contributed by atoms with Crippen molar-refractivity contribution in [1.29, 1.82) is 5.26 Å². The zero-order valence-electron chi connectivity index (χ0n) is 18.9. The summed E-state index contributed by atoms with van der Waals surface area (Å²) in [5.41, 5.74) is 2.89. The number of ether oxygens (including phenoxy) is 2. The fraction of sp³-hybridized carbons (Fsp3) is 0.107. The third-order valence-corrected chi connectivity index (χ3v) is 6.13. The first-order valence-corrected chi connectivity index (χ1v) is 12.0. The molecule has 0 saturated carbocycles. The predicted molar refractivity (Wildman–Crippen MR) is 145 cm³/mol. The summed E-state index contributed by atoms with van der Waals surface area (Å²) in [5, 5.41) is 23.1. The van der Waals surface area contributed by atoms with Gasteiger partial charge in [0.15, 0.2) is 11.5 Å². The van der Waals surface area contributed by atoms with Crippen molar-refractivity contribution in [2.24, 2.45) is 0 Å². The van der Waals surface area contributed by atoms with E-state index in [4.69, 9.17) is 9.47 Å². The first-order valence-electron chi connectivity index (χ1n) is 10.9. The molecule has 0 aliphatic carbocycles. The van der Waals surface area contributed by atoms with Crippen molar-refractivity contribution in [3.05, 3.63) is 109 Å². The van der Waals surface area contributed by atoms with Crippen molar-refractivity contribution >= 4 is 50.7 Å². The monoisotopic (exact) mass is 576 g/mol. The van der Waals surface area contributed by atoms with Gasteiger partial charge in [-0.25, -0.2) is 0 Å². The van der Waals surface area contributed by atoms with E-state index >= 15 is 0 Å². The molecule has 4 aromatic carbocycles. The Hall–Kier alpha value is -3.90. The van der Waals surface area contributed by atoms with Gasteiger partial charge in [-0.05, 0) is 81.3 Å². The number of nitrogens with zero attached hydrogens (tertiary/aromatic N) is 2. The topological polar surface area (TPSA) is 85.4 Å². The van der Waals surface area contributed by atoms with Crippen LogP contribution in [-0.4, -0.2) is 11.5 Å². The molecule has 0 aliphatic rings. The van der Waals surface area contributed by atoms with Crippen LogP contribution in [0.15, 0.2) is 78.9 Å². The minimum atomic E-state index is -0.428. The average Bonchev–Trinajstić information content (AvgIpc) is 2.87. The highest BCUT2D eigenvalue weighted by atomic mass is 127. The number of allylic oxidation sites excluding steroid dienone is 1. The van der Waals surface area contributed by atoms with Gasteiger partial charge in [0.25, 0.3) is 5.69 Å². The molecule has 0 unspecified atom stereocenters. The molecule has 7 heteroatoms. The molecule has 0 aliphatic heterocycles. The van der Waals surface area contributed by atoms with Gasteiger partial charge in [0.05, 0.1) is 26.7 Å². The fourth-order valence-electron chi connectivity index (χ4n) is 3.69. The Bertz CT molecular complexity index is 1470. The number of hydrogen-bond donors (Lipinski definition) is 0. The molecule has 0 saturated heterocycles. The molecule has 0 fully saturated rings. The average molecular weight is 576 g/mol. The Morgan fingerprint density at radius 2 is 1.83 bits per heavy atom. The molecule has 0 N–H and O–H groups in total. The second-order valence-corrected chi connectivity index (χ2v) is 8.87. The molecular formula is C28H21IN2O4. The molecule has 0 bridgehead atoms. The lowest BCUT2D eigenvalue weighted by molar-refractivity contribution is -0.384. The SMILES string of the molecule is CCOc1cc(/C=C(/C#N)c2ccc3ccccc3c2)cc(I)c1OCc1cccc([N+](=O)[O-])c1. The van der Waals surface area contributed by atoms with Gasteiger partial charge in [0.1, 0.15) is 6.61 Å². The normalized spacial score (nSPS) is 11.2. The Morgan fingerprint density at radius 3 is 2.57 bits per heavy atom. The van der Waals surface area contributed by atoms with Crippen LogP contribution in [0.1, 0.15) is 23.6 Å². The van der Waals surface area contributed by atoms with Crippen LogP contribution >= 0.6 is 22.6 Å². The third-order valence-electron chi connectivity index (χ3n) is 5.33. The number of nitro groups is 1. The lowest BCUT2D eigenvalue weighted by atomic mass is 10.00. The lowest BCUT2D eigenvalue weighted by Crippen LogP contribution is -2.02. The van der Waals surface area contributed by atoms with E-state index < -0.39 is 4.92 Å². The Balaban J connectivity index is 1.64. The van der Waals surface area contributed by atoms with Crippen molar-refractivity contribution in [3.8, 4) is 17.6 Å². The highest BCUT2D eigenvalue weighted by molar-refractivity contribution is 14.1. The van der Waals surface area contributed by atoms with E-state index in [9.17, 15) is 15.4 Å². The second kappa shape index (κ2) is 11.0. The van der Waals surface area contributed by atoms with Gasteiger partial charge in [-0.15, -0.1) is 0 Å². The van der Waals surface area contributed by atoms with E-state index in [1.165, 1.54) is 12.1 Å². The number of nitriles is 1. The molecule has 0 heterocycles. The molecule has 4 aromatic rings. The Labute approximate surface area is 216 Å². The van der Waals surface area contributed by atoms with Crippen LogP contribution < -0.4 is 9.47 Å². The van der Waals surface area contributed by atoms with E-state index in [0.717, 1.165) is 25.5 Å². The van der Waals surface area contributed by atoms with Crippen LogP contribution in [0.3, 0.4) is 0 Å². The zero-order chi connectivity index (χ0) is 24.8. The van der Waals surface area contributed by atoms with Crippen LogP contribution in [-0.2, 0) is 6.61 Å². The zero-order valence-corrected chi connectivity index (χ0v) is 21.1. The maximum absolute atomic E-state index is 11.1.